The summed E-state index contributed by atoms with van der Waals surface area (Å²) in [7, 11) is 1.21. The van der Waals surface area contributed by atoms with Crippen molar-refractivity contribution in [1.29, 1.82) is 0 Å². The molecular formula is C20H16F6N2O6. The van der Waals surface area contributed by atoms with Crippen LogP contribution in [0.3, 0.4) is 0 Å². The van der Waals surface area contributed by atoms with Gasteiger partial charge in [-0.2, -0.15) is 26.3 Å². The monoisotopic (exact) mass is 494 g/mol. The highest BCUT2D eigenvalue weighted by Crippen LogP contribution is 2.36. The van der Waals surface area contributed by atoms with Crippen LogP contribution in [-0.2, 0) is 34.8 Å². The number of methoxy groups -OCH3 is 1. The molecule has 0 radical (unpaired) electrons. The van der Waals surface area contributed by atoms with Gasteiger partial charge in [0.1, 0.15) is 11.8 Å². The van der Waals surface area contributed by atoms with Crippen molar-refractivity contribution in [2.75, 3.05) is 7.11 Å². The molecule has 0 aliphatic rings. The van der Waals surface area contributed by atoms with Gasteiger partial charge in [0.15, 0.2) is 0 Å². The number of non-ortho nitro benzene ring substituents is 1. The minimum Gasteiger partial charge on any atom is -0.496 e. The summed E-state index contributed by atoms with van der Waals surface area (Å²) in [6.07, 6.45) is -11.7. The number of ether oxygens (including phenoxy) is 1. The molecule has 0 heterocycles. The molecule has 1 atom stereocenters. The zero-order chi connectivity index (χ0) is 25.8. The fourth-order valence-corrected chi connectivity index (χ4v) is 3.01. The van der Waals surface area contributed by atoms with Crippen LogP contribution in [0.2, 0.25) is 0 Å². The number of nitro groups is 1. The number of carbonyl (C=O) groups is 2. The second-order valence-electron chi connectivity index (χ2n) is 7.01. The first-order chi connectivity index (χ1) is 15.6. The molecule has 0 unspecified atom stereocenters. The molecule has 0 aliphatic carbocycles. The van der Waals surface area contributed by atoms with Gasteiger partial charge in [-0.25, -0.2) is 4.79 Å². The maximum absolute atomic E-state index is 13.0. The Hall–Kier alpha value is -3.84. The first-order valence-electron chi connectivity index (χ1n) is 9.23. The Kier molecular flexibility index (Phi) is 7.74. The first-order valence-corrected chi connectivity index (χ1v) is 9.23. The largest absolute Gasteiger partial charge is 0.496 e. The average molecular weight is 494 g/mol. The number of nitro benzene ring substituents is 1. The second kappa shape index (κ2) is 9.97. The highest BCUT2D eigenvalue weighted by molar-refractivity contribution is 5.85. The van der Waals surface area contributed by atoms with Crippen molar-refractivity contribution in [3.63, 3.8) is 0 Å². The molecule has 8 nitrogen and oxygen atoms in total. The van der Waals surface area contributed by atoms with Crippen molar-refractivity contribution in [3.05, 3.63) is 68.8 Å². The summed E-state index contributed by atoms with van der Waals surface area (Å²) in [5, 5.41) is 22.4. The molecule has 0 aliphatic heterocycles. The fourth-order valence-electron chi connectivity index (χ4n) is 3.01. The minimum absolute atomic E-state index is 0.0304. The SMILES string of the molecule is COc1ccc([N+](=O)[O-])cc1C[C@@H](NC(=O)Cc1cc(C(F)(F)F)cc(C(F)(F)F)c1)C(=O)O. The average Bonchev–Trinajstić information content (AvgIpc) is 2.71. The van der Waals surface area contributed by atoms with E-state index in [0.29, 0.717) is 12.1 Å². The van der Waals surface area contributed by atoms with E-state index in [1.165, 1.54) is 13.2 Å². The first kappa shape index (κ1) is 26.4. The third-order valence-corrected chi connectivity index (χ3v) is 4.54. The van der Waals surface area contributed by atoms with Crippen LogP contribution in [0.5, 0.6) is 5.75 Å². The summed E-state index contributed by atoms with van der Waals surface area (Å²) in [4.78, 5) is 34.1. The molecule has 2 rings (SSSR count). The van der Waals surface area contributed by atoms with E-state index < -0.39 is 70.4 Å². The Balaban J connectivity index is 2.29. The van der Waals surface area contributed by atoms with Crippen molar-refractivity contribution in [1.82, 2.24) is 5.32 Å². The molecule has 0 saturated carbocycles. The zero-order valence-electron chi connectivity index (χ0n) is 17.2. The number of aliphatic carboxylic acids is 1. The summed E-state index contributed by atoms with van der Waals surface area (Å²) in [6, 6.07) is 2.22. The van der Waals surface area contributed by atoms with E-state index in [9.17, 15) is 51.2 Å². The summed E-state index contributed by atoms with van der Waals surface area (Å²) < 4.78 is 82.9. The van der Waals surface area contributed by atoms with Gasteiger partial charge in [-0.05, 0) is 29.8 Å². The van der Waals surface area contributed by atoms with Crippen molar-refractivity contribution in [2.45, 2.75) is 31.2 Å². The van der Waals surface area contributed by atoms with Gasteiger partial charge in [0, 0.05) is 24.1 Å². The van der Waals surface area contributed by atoms with Gasteiger partial charge in [-0.3, -0.25) is 14.9 Å². The molecule has 0 saturated heterocycles. The van der Waals surface area contributed by atoms with Gasteiger partial charge >= 0.3 is 18.3 Å². The van der Waals surface area contributed by atoms with Crippen LogP contribution < -0.4 is 10.1 Å². The Morgan fingerprint density at radius 3 is 2.06 bits per heavy atom. The minimum atomic E-state index is -5.12. The summed E-state index contributed by atoms with van der Waals surface area (Å²) in [5.41, 5.74) is -4.25. The van der Waals surface area contributed by atoms with E-state index in [1.807, 2.05) is 5.32 Å². The van der Waals surface area contributed by atoms with Crippen molar-refractivity contribution in [2.24, 2.45) is 0 Å². The normalized spacial score (nSPS) is 12.7. The number of carboxylic acids is 1. The highest BCUT2D eigenvalue weighted by atomic mass is 19.4. The number of carbonyl (C=O) groups excluding carboxylic acids is 1. The number of hydrogen-bond donors (Lipinski definition) is 2. The topological polar surface area (TPSA) is 119 Å². The van der Waals surface area contributed by atoms with Crippen molar-refractivity contribution < 1.29 is 50.7 Å². The van der Waals surface area contributed by atoms with Gasteiger partial charge in [-0.15, -0.1) is 0 Å². The summed E-state index contributed by atoms with van der Waals surface area (Å²) >= 11 is 0. The van der Waals surface area contributed by atoms with E-state index in [0.717, 1.165) is 12.1 Å². The number of nitrogens with one attached hydrogen (secondary N) is 1. The molecule has 2 aromatic carbocycles. The lowest BCUT2D eigenvalue weighted by Gasteiger charge is -2.17. The van der Waals surface area contributed by atoms with Gasteiger partial charge < -0.3 is 15.2 Å². The molecule has 2 N–H and O–H groups in total. The molecule has 34 heavy (non-hydrogen) atoms. The maximum atomic E-state index is 13.0. The molecule has 0 fully saturated rings. The third kappa shape index (κ3) is 6.83. The number of alkyl halides is 6. The van der Waals surface area contributed by atoms with Gasteiger partial charge in [0.05, 0.1) is 29.6 Å². The lowest BCUT2D eigenvalue weighted by atomic mass is 10.0. The molecule has 2 aromatic rings. The number of carboxylic acid groups (broad SMARTS) is 1. The molecule has 184 valence electrons. The maximum Gasteiger partial charge on any atom is 0.416 e. The Bertz CT molecular complexity index is 1070. The van der Waals surface area contributed by atoms with Crippen LogP contribution in [-0.4, -0.2) is 35.1 Å². The predicted molar refractivity (Wildman–Crippen MR) is 103 cm³/mol. The summed E-state index contributed by atoms with van der Waals surface area (Å²) in [5.74, 6) is -2.70. The number of nitrogens with zero attached hydrogens (tertiary/aromatic N) is 1. The predicted octanol–water partition coefficient (Wildman–Crippen LogP) is 4.00. The fraction of sp³-hybridized carbons (Fsp3) is 0.300. The number of hydrogen-bond acceptors (Lipinski definition) is 5. The van der Waals surface area contributed by atoms with Gasteiger partial charge in [0.2, 0.25) is 5.91 Å². The summed E-state index contributed by atoms with van der Waals surface area (Å²) in [6.45, 7) is 0. The molecule has 0 bridgehead atoms. The zero-order valence-corrected chi connectivity index (χ0v) is 17.2. The number of rotatable bonds is 8. The van der Waals surface area contributed by atoms with E-state index in [2.05, 4.69) is 0 Å². The van der Waals surface area contributed by atoms with Crippen molar-refractivity contribution >= 4 is 17.6 Å². The molecule has 1 amide bonds. The standard InChI is InChI=1S/C20H16F6N2O6/c1-34-16-3-2-14(28(32)33)7-11(16)8-15(18(30)31)27-17(29)6-10-4-12(19(21,22)23)9-13(5-10)20(24,25)26/h2-5,7,9,15H,6,8H2,1H3,(H,27,29)(H,30,31)/t15-/m1/s1. The smallest absolute Gasteiger partial charge is 0.416 e. The lowest BCUT2D eigenvalue weighted by Crippen LogP contribution is -2.43. The number of benzene rings is 2. The molecule has 0 spiro atoms. The van der Waals surface area contributed by atoms with Crippen LogP contribution in [0.1, 0.15) is 22.3 Å². The van der Waals surface area contributed by atoms with Crippen LogP contribution in [0.25, 0.3) is 0 Å². The van der Waals surface area contributed by atoms with Crippen LogP contribution >= 0.6 is 0 Å². The highest BCUT2D eigenvalue weighted by Gasteiger charge is 2.37. The quantitative estimate of drug-likeness (QED) is 0.326. The number of amides is 1. The molecule has 0 aromatic heterocycles. The molecular weight excluding hydrogens is 478 g/mol. The van der Waals surface area contributed by atoms with Crippen LogP contribution in [0.4, 0.5) is 32.0 Å². The van der Waals surface area contributed by atoms with Crippen molar-refractivity contribution in [3.8, 4) is 5.75 Å². The van der Waals surface area contributed by atoms with Crippen LogP contribution in [0, 0.1) is 10.1 Å². The Labute approximate surface area is 187 Å². The van der Waals surface area contributed by atoms with Gasteiger partial charge in [-0.1, -0.05) is 0 Å². The van der Waals surface area contributed by atoms with E-state index >= 15 is 0 Å². The van der Waals surface area contributed by atoms with Crippen LogP contribution in [0.15, 0.2) is 36.4 Å². The Morgan fingerprint density at radius 2 is 1.62 bits per heavy atom. The third-order valence-electron chi connectivity index (χ3n) is 4.54. The molecule has 14 heteroatoms. The number of halogens is 6. The van der Waals surface area contributed by atoms with E-state index in [-0.39, 0.29) is 17.4 Å². The van der Waals surface area contributed by atoms with E-state index in [4.69, 9.17) is 4.74 Å². The lowest BCUT2D eigenvalue weighted by molar-refractivity contribution is -0.384. The second-order valence-corrected chi connectivity index (χ2v) is 7.01. The Morgan fingerprint density at radius 1 is 1.06 bits per heavy atom. The van der Waals surface area contributed by atoms with Gasteiger partial charge in [0.25, 0.3) is 5.69 Å². The van der Waals surface area contributed by atoms with E-state index in [1.54, 1.807) is 0 Å².